The maximum absolute atomic E-state index is 8.72. The first-order valence-corrected chi connectivity index (χ1v) is 3.85. The molecule has 0 aliphatic rings. The van der Waals surface area contributed by atoms with E-state index in [4.69, 9.17) is 35.1 Å². The molecule has 0 aliphatic carbocycles. The molecule has 0 radical (unpaired) electrons. The van der Waals surface area contributed by atoms with Crippen LogP contribution in [0.1, 0.15) is 0 Å². The van der Waals surface area contributed by atoms with Crippen molar-refractivity contribution in [2.45, 2.75) is 12.2 Å². The third kappa shape index (κ3) is 13.8. The number of aliphatic hydroxyl groups is 4. The van der Waals surface area contributed by atoms with E-state index in [2.05, 4.69) is 0 Å². The van der Waals surface area contributed by atoms with E-state index in [1.54, 1.807) is 0 Å². The first-order chi connectivity index (χ1) is 6.62. The Kier molecular flexibility index (Phi) is 13.8. The maximum atomic E-state index is 8.72. The fourth-order valence-electron chi connectivity index (χ4n) is 0.446. The van der Waals surface area contributed by atoms with Crippen molar-refractivity contribution in [3.8, 4) is 0 Å². The molecule has 0 saturated carbocycles. The van der Waals surface area contributed by atoms with Gasteiger partial charge in [-0.1, -0.05) is 0 Å². The van der Waals surface area contributed by atoms with Crippen LogP contribution in [0.5, 0.6) is 0 Å². The molecule has 0 fully saturated rings. The Morgan fingerprint density at radius 2 is 1.36 bits per heavy atom. The van der Waals surface area contributed by atoms with Crippen molar-refractivity contribution in [1.29, 1.82) is 0 Å². The molecule has 5 N–H and O–H groups in total. The molecule has 14 heavy (non-hydrogen) atoms. The summed E-state index contributed by atoms with van der Waals surface area (Å²) in [5.74, 6) is 0. The third-order valence-corrected chi connectivity index (χ3v) is 1.04. The van der Waals surface area contributed by atoms with Gasteiger partial charge < -0.3 is 30.3 Å². The summed E-state index contributed by atoms with van der Waals surface area (Å²) in [6.45, 7) is -1.05. The van der Waals surface area contributed by atoms with E-state index in [-0.39, 0.29) is 32.9 Å². The number of hydrogen-bond donors (Lipinski definition) is 5. The van der Waals surface area contributed by atoms with Gasteiger partial charge >= 0.3 is 0 Å². The van der Waals surface area contributed by atoms with Crippen molar-refractivity contribution in [3.05, 3.63) is 0 Å². The van der Waals surface area contributed by atoms with Crippen LogP contribution in [0.25, 0.3) is 0 Å². The summed E-state index contributed by atoms with van der Waals surface area (Å²) in [4.78, 5) is 8.36. The minimum Gasteiger partial charge on any atom is -0.483 e. The molecule has 0 aromatic carbocycles. The second-order valence-corrected chi connectivity index (χ2v) is 2.32. The van der Waals surface area contributed by atoms with E-state index < -0.39 is 12.2 Å². The van der Waals surface area contributed by atoms with Gasteiger partial charge in [0.2, 0.25) is 0 Å². The van der Waals surface area contributed by atoms with Crippen LogP contribution in [0.15, 0.2) is 0 Å². The summed E-state index contributed by atoms with van der Waals surface area (Å²) in [6.07, 6.45) is -1.83. The molecule has 0 amide bonds. The molecule has 86 valence electrons. The fourth-order valence-corrected chi connectivity index (χ4v) is 0.446. The van der Waals surface area contributed by atoms with Crippen LogP contribution in [-0.4, -0.2) is 70.6 Å². The number of aliphatic hydroxyl groups excluding tert-OH is 4. The molecular formula is C7H16O7. The van der Waals surface area contributed by atoms with Crippen LogP contribution in [0.4, 0.5) is 0 Å². The predicted molar refractivity (Wildman–Crippen MR) is 45.7 cm³/mol. The highest BCUT2D eigenvalue weighted by atomic mass is 16.5. The smallest absolute Gasteiger partial charge is 0.290 e. The van der Waals surface area contributed by atoms with Crippen molar-refractivity contribution in [2.75, 3.05) is 26.4 Å². The number of rotatable bonds is 6. The highest BCUT2D eigenvalue weighted by Gasteiger charge is 2.04. The van der Waals surface area contributed by atoms with Crippen LogP contribution >= 0.6 is 0 Å². The number of carbonyl (C=O) groups is 1. The standard InChI is InChI=1S/C6H14O5.CH2O2/c7-1-5(9)3-11-4-6(10)2-8;2-1-3/h5-10H,1-4H2;1H,(H,2,3). The maximum Gasteiger partial charge on any atom is 0.290 e. The second-order valence-electron chi connectivity index (χ2n) is 2.32. The Morgan fingerprint density at radius 3 is 1.57 bits per heavy atom. The van der Waals surface area contributed by atoms with Gasteiger partial charge in [-0.25, -0.2) is 0 Å². The number of hydrogen-bond acceptors (Lipinski definition) is 6. The molecule has 0 heterocycles. The van der Waals surface area contributed by atoms with Gasteiger partial charge in [-0.3, -0.25) is 4.79 Å². The first-order valence-electron chi connectivity index (χ1n) is 3.85. The zero-order valence-corrected chi connectivity index (χ0v) is 7.61. The lowest BCUT2D eigenvalue weighted by molar-refractivity contribution is -0.122. The minimum absolute atomic E-state index is 0.0342. The number of ether oxygens (including phenoxy) is 1. The molecule has 0 rings (SSSR count). The normalized spacial score (nSPS) is 13.7. The number of carboxylic acid groups (broad SMARTS) is 1. The molecule has 0 saturated heterocycles. The predicted octanol–water partition coefficient (Wildman–Crippen LogP) is -2.59. The van der Waals surface area contributed by atoms with Gasteiger partial charge in [0.1, 0.15) is 12.2 Å². The SMILES string of the molecule is O=CO.OCC(O)COCC(O)CO. The van der Waals surface area contributed by atoms with Crippen molar-refractivity contribution in [1.82, 2.24) is 0 Å². The van der Waals surface area contributed by atoms with Crippen LogP contribution in [0.3, 0.4) is 0 Å². The summed E-state index contributed by atoms with van der Waals surface area (Å²) in [6, 6.07) is 0. The summed E-state index contributed by atoms with van der Waals surface area (Å²) in [7, 11) is 0. The first kappa shape index (κ1) is 15.7. The lowest BCUT2D eigenvalue weighted by Gasteiger charge is -2.10. The van der Waals surface area contributed by atoms with Gasteiger partial charge in [0.15, 0.2) is 0 Å². The Bertz CT molecular complexity index is 109. The van der Waals surface area contributed by atoms with Gasteiger partial charge in [-0.2, -0.15) is 0 Å². The summed E-state index contributed by atoms with van der Waals surface area (Å²) >= 11 is 0. The zero-order valence-electron chi connectivity index (χ0n) is 7.61. The zero-order chi connectivity index (χ0) is 11.4. The molecule has 2 unspecified atom stereocenters. The average Bonchev–Trinajstić information content (AvgIpc) is 2.18. The van der Waals surface area contributed by atoms with Crippen molar-refractivity contribution in [2.24, 2.45) is 0 Å². The molecule has 0 aromatic rings. The Labute approximate surface area is 81.2 Å². The van der Waals surface area contributed by atoms with Gasteiger partial charge in [0.25, 0.3) is 6.47 Å². The minimum atomic E-state index is -0.916. The average molecular weight is 212 g/mol. The van der Waals surface area contributed by atoms with Crippen LogP contribution in [0, 0.1) is 0 Å². The Balaban J connectivity index is 0. The summed E-state index contributed by atoms with van der Waals surface area (Å²) < 4.78 is 4.72. The van der Waals surface area contributed by atoms with E-state index in [0.29, 0.717) is 0 Å². The monoisotopic (exact) mass is 212 g/mol. The molecule has 0 bridgehead atoms. The highest BCUT2D eigenvalue weighted by Crippen LogP contribution is 1.87. The molecule has 7 heteroatoms. The Hall–Kier alpha value is -0.730. The summed E-state index contributed by atoms with van der Waals surface area (Å²) in [5.41, 5.74) is 0. The fraction of sp³-hybridized carbons (Fsp3) is 0.857. The van der Waals surface area contributed by atoms with E-state index in [0.717, 1.165) is 0 Å². The molecule has 0 spiro atoms. The van der Waals surface area contributed by atoms with Crippen LogP contribution < -0.4 is 0 Å². The van der Waals surface area contributed by atoms with Crippen molar-refractivity contribution >= 4 is 6.47 Å². The van der Waals surface area contributed by atoms with Gasteiger partial charge in [0.05, 0.1) is 26.4 Å². The van der Waals surface area contributed by atoms with Crippen LogP contribution in [0.2, 0.25) is 0 Å². The van der Waals surface area contributed by atoms with Gasteiger partial charge in [0, 0.05) is 0 Å². The van der Waals surface area contributed by atoms with E-state index in [1.165, 1.54) is 0 Å². The van der Waals surface area contributed by atoms with Crippen molar-refractivity contribution < 1.29 is 35.1 Å². The van der Waals surface area contributed by atoms with Gasteiger partial charge in [-0.15, -0.1) is 0 Å². The molecule has 2 atom stereocenters. The molecule has 0 aliphatic heterocycles. The lowest BCUT2D eigenvalue weighted by Crippen LogP contribution is -2.25. The largest absolute Gasteiger partial charge is 0.483 e. The highest BCUT2D eigenvalue weighted by molar-refractivity contribution is 5.32. The van der Waals surface area contributed by atoms with E-state index in [1.807, 2.05) is 0 Å². The van der Waals surface area contributed by atoms with Crippen LogP contribution in [-0.2, 0) is 9.53 Å². The summed E-state index contributed by atoms with van der Waals surface area (Å²) in [5, 5.41) is 41.0. The van der Waals surface area contributed by atoms with Crippen molar-refractivity contribution in [3.63, 3.8) is 0 Å². The van der Waals surface area contributed by atoms with Gasteiger partial charge in [-0.05, 0) is 0 Å². The molecule has 7 nitrogen and oxygen atoms in total. The third-order valence-electron chi connectivity index (χ3n) is 1.04. The van der Waals surface area contributed by atoms with E-state index >= 15 is 0 Å². The Morgan fingerprint density at radius 1 is 1.07 bits per heavy atom. The second kappa shape index (κ2) is 12.3. The molecule has 0 aromatic heterocycles. The molecular weight excluding hydrogens is 196 g/mol. The topological polar surface area (TPSA) is 127 Å². The van der Waals surface area contributed by atoms with E-state index in [9.17, 15) is 0 Å². The quantitative estimate of drug-likeness (QED) is 0.306. The lowest BCUT2D eigenvalue weighted by atomic mass is 10.4.